The smallest absolute Gasteiger partial charge is 0.318 e. The average Bonchev–Trinajstić information content (AvgIpc) is 2.51. The molecule has 1 N–H and O–H groups in total. The number of benzene rings is 1. The summed E-state index contributed by atoms with van der Waals surface area (Å²) in [6.45, 7) is 2.22. The highest BCUT2D eigenvalue weighted by Crippen LogP contribution is 2.46. The fourth-order valence-electron chi connectivity index (χ4n) is 4.64. The van der Waals surface area contributed by atoms with E-state index in [4.69, 9.17) is 16.9 Å². The van der Waals surface area contributed by atoms with Gasteiger partial charge in [-0.05, 0) is 55.7 Å². The van der Waals surface area contributed by atoms with E-state index in [-0.39, 0.29) is 22.9 Å². The van der Waals surface area contributed by atoms with Crippen LogP contribution in [0.25, 0.3) is 0 Å². The fourth-order valence-corrected chi connectivity index (χ4v) is 4.89. The molecule has 2 saturated heterocycles. The molecule has 132 valence electrons. The van der Waals surface area contributed by atoms with Gasteiger partial charge in [0.2, 0.25) is 0 Å². The van der Waals surface area contributed by atoms with Crippen LogP contribution in [0.1, 0.15) is 50.5 Å². The molecular weight excluding hydrogens is 341 g/mol. The lowest BCUT2D eigenvalue weighted by Gasteiger charge is -2.54. The summed E-state index contributed by atoms with van der Waals surface area (Å²) in [5, 5.41) is 12.1. The Labute approximate surface area is 151 Å². The Hall–Kier alpha value is -1.80. The van der Waals surface area contributed by atoms with Gasteiger partial charge in [-0.1, -0.05) is 18.5 Å². The normalized spacial score (nSPS) is 33.0. The summed E-state index contributed by atoms with van der Waals surface area (Å²) in [6, 6.07) is 5.70. The third-order valence-electron chi connectivity index (χ3n) is 6.06. The molecule has 2 unspecified atom stereocenters. The van der Waals surface area contributed by atoms with Crippen LogP contribution in [0.4, 0.5) is 14.9 Å². The lowest BCUT2D eigenvalue weighted by atomic mass is 9.71. The molecule has 4 aliphatic rings. The van der Waals surface area contributed by atoms with Crippen LogP contribution in [0.15, 0.2) is 12.1 Å². The molecule has 2 heterocycles. The van der Waals surface area contributed by atoms with Crippen molar-refractivity contribution in [2.45, 2.75) is 57.0 Å². The van der Waals surface area contributed by atoms with Crippen molar-refractivity contribution in [1.82, 2.24) is 4.90 Å². The van der Waals surface area contributed by atoms with E-state index in [2.05, 4.69) is 18.3 Å². The van der Waals surface area contributed by atoms with Gasteiger partial charge in [-0.2, -0.15) is 5.26 Å². The van der Waals surface area contributed by atoms with Gasteiger partial charge < -0.3 is 10.2 Å². The first-order valence-electron chi connectivity index (χ1n) is 8.95. The van der Waals surface area contributed by atoms with Gasteiger partial charge >= 0.3 is 6.03 Å². The number of halogens is 2. The molecule has 0 spiro atoms. The average molecular weight is 362 g/mol. The second-order valence-corrected chi connectivity index (χ2v) is 8.12. The number of piperidine rings is 1. The number of rotatable bonds is 2. The monoisotopic (exact) mass is 361 g/mol. The number of hydrogen-bond donors (Lipinski definition) is 1. The highest BCUT2D eigenvalue weighted by atomic mass is 35.5. The van der Waals surface area contributed by atoms with E-state index in [1.165, 1.54) is 6.07 Å². The van der Waals surface area contributed by atoms with Gasteiger partial charge in [0.05, 0.1) is 17.0 Å². The van der Waals surface area contributed by atoms with E-state index in [0.717, 1.165) is 32.1 Å². The van der Waals surface area contributed by atoms with Gasteiger partial charge in [-0.15, -0.1) is 0 Å². The van der Waals surface area contributed by atoms with Crippen molar-refractivity contribution in [3.05, 3.63) is 28.5 Å². The molecule has 1 aromatic carbocycles. The minimum atomic E-state index is -0.546. The molecule has 6 heteroatoms. The van der Waals surface area contributed by atoms with Gasteiger partial charge in [-0.3, -0.25) is 0 Å². The Kier molecular flexibility index (Phi) is 4.11. The summed E-state index contributed by atoms with van der Waals surface area (Å²) in [4.78, 5) is 14.5. The van der Waals surface area contributed by atoms with E-state index < -0.39 is 5.82 Å². The van der Waals surface area contributed by atoms with Gasteiger partial charge in [0.15, 0.2) is 0 Å². The number of anilines is 1. The molecule has 0 aromatic heterocycles. The second-order valence-electron chi connectivity index (χ2n) is 7.74. The third kappa shape index (κ3) is 2.77. The Bertz CT molecular complexity index is 750. The zero-order valence-corrected chi connectivity index (χ0v) is 14.9. The minimum Gasteiger partial charge on any atom is -0.318 e. The molecule has 4 fully saturated rings. The standard InChI is InChI=1S/C19H21ClFN3O/c1-10-4-13-8-14(5-10)24(13)19(25)23-12-6-16(18(20)17(21)7-12)15-3-2-11(15)9-22/h6-7,10-11,13-15H,2-5,8H2,1H3,(H,23,25)/t10?,11-,13?,14?,15+/m0/s1. The molecule has 2 amide bonds. The number of fused-ring (bicyclic) bond motifs is 2. The third-order valence-corrected chi connectivity index (χ3v) is 6.46. The van der Waals surface area contributed by atoms with Crippen molar-refractivity contribution in [2.24, 2.45) is 11.8 Å². The Morgan fingerprint density at radius 3 is 2.64 bits per heavy atom. The molecule has 4 nitrogen and oxygen atoms in total. The first-order valence-corrected chi connectivity index (χ1v) is 9.33. The van der Waals surface area contributed by atoms with Crippen LogP contribution in [-0.2, 0) is 0 Å². The zero-order valence-electron chi connectivity index (χ0n) is 14.1. The van der Waals surface area contributed by atoms with Gasteiger partial charge in [-0.25, -0.2) is 9.18 Å². The van der Waals surface area contributed by atoms with Crippen LogP contribution in [0, 0.1) is 29.0 Å². The molecule has 2 bridgehead atoms. The van der Waals surface area contributed by atoms with Crippen LogP contribution < -0.4 is 5.32 Å². The molecule has 2 saturated carbocycles. The molecule has 2 aliphatic heterocycles. The number of nitrogens with zero attached hydrogens (tertiary/aromatic N) is 2. The Morgan fingerprint density at radius 1 is 1.32 bits per heavy atom. The zero-order chi connectivity index (χ0) is 17.7. The van der Waals surface area contributed by atoms with E-state index >= 15 is 0 Å². The van der Waals surface area contributed by atoms with Gasteiger partial charge in [0.1, 0.15) is 5.82 Å². The van der Waals surface area contributed by atoms with Crippen LogP contribution in [0.3, 0.4) is 0 Å². The predicted molar refractivity (Wildman–Crippen MR) is 93.9 cm³/mol. The maximum absolute atomic E-state index is 14.2. The number of amides is 2. The molecule has 0 radical (unpaired) electrons. The van der Waals surface area contributed by atoms with Crippen molar-refractivity contribution in [3.8, 4) is 6.07 Å². The maximum atomic E-state index is 14.2. The summed E-state index contributed by atoms with van der Waals surface area (Å²) in [6.07, 6.45) is 4.78. The van der Waals surface area contributed by atoms with Gasteiger partial charge in [0, 0.05) is 23.7 Å². The van der Waals surface area contributed by atoms with E-state index in [1.807, 2.05) is 4.90 Å². The van der Waals surface area contributed by atoms with E-state index in [0.29, 0.717) is 29.3 Å². The summed E-state index contributed by atoms with van der Waals surface area (Å²) in [5.41, 5.74) is 1.05. The molecule has 1 aromatic rings. The Morgan fingerprint density at radius 2 is 2.04 bits per heavy atom. The van der Waals surface area contributed by atoms with Crippen molar-refractivity contribution in [3.63, 3.8) is 0 Å². The lowest BCUT2D eigenvalue weighted by Crippen LogP contribution is -2.63. The van der Waals surface area contributed by atoms with Crippen LogP contribution >= 0.6 is 11.6 Å². The molecule has 5 rings (SSSR count). The maximum Gasteiger partial charge on any atom is 0.322 e. The lowest BCUT2D eigenvalue weighted by molar-refractivity contribution is -0.00601. The van der Waals surface area contributed by atoms with Crippen molar-refractivity contribution >= 4 is 23.3 Å². The summed E-state index contributed by atoms with van der Waals surface area (Å²) < 4.78 is 14.2. The number of carbonyl (C=O) groups excluding carboxylic acids is 1. The minimum absolute atomic E-state index is 0.0481. The van der Waals surface area contributed by atoms with Crippen molar-refractivity contribution in [1.29, 1.82) is 5.26 Å². The van der Waals surface area contributed by atoms with Crippen molar-refractivity contribution < 1.29 is 9.18 Å². The molecule has 2 aliphatic carbocycles. The van der Waals surface area contributed by atoms with Crippen LogP contribution in [0.2, 0.25) is 5.02 Å². The van der Waals surface area contributed by atoms with E-state index in [1.54, 1.807) is 6.07 Å². The SMILES string of the molecule is CC1CC2CC(C1)N2C(=O)Nc1cc(F)c(Cl)c([C@@H]2CC[C@H]2C#N)c1. The second kappa shape index (κ2) is 6.17. The first kappa shape index (κ1) is 16.7. The highest BCUT2D eigenvalue weighted by Gasteiger charge is 2.46. The largest absolute Gasteiger partial charge is 0.322 e. The Balaban J connectivity index is 1.52. The van der Waals surface area contributed by atoms with Crippen LogP contribution in [-0.4, -0.2) is 23.0 Å². The first-order chi connectivity index (χ1) is 12.0. The van der Waals surface area contributed by atoms with E-state index in [9.17, 15) is 9.18 Å². The van der Waals surface area contributed by atoms with Crippen molar-refractivity contribution in [2.75, 3.05) is 5.32 Å². The highest BCUT2D eigenvalue weighted by molar-refractivity contribution is 6.31. The quantitative estimate of drug-likeness (QED) is 0.814. The number of nitrogens with one attached hydrogen (secondary N) is 1. The number of urea groups is 1. The predicted octanol–water partition coefficient (Wildman–Crippen LogP) is 4.90. The molecule has 25 heavy (non-hydrogen) atoms. The summed E-state index contributed by atoms with van der Waals surface area (Å²) in [7, 11) is 0. The van der Waals surface area contributed by atoms with Crippen LogP contribution in [0.5, 0.6) is 0 Å². The number of nitriles is 1. The summed E-state index contributed by atoms with van der Waals surface area (Å²) >= 11 is 6.12. The number of carbonyl (C=O) groups is 1. The fraction of sp³-hybridized carbons (Fsp3) is 0.579. The topological polar surface area (TPSA) is 56.1 Å². The number of hydrogen-bond acceptors (Lipinski definition) is 2. The van der Waals surface area contributed by atoms with Gasteiger partial charge in [0.25, 0.3) is 0 Å². The molecule has 4 atom stereocenters. The molecular formula is C19H21ClFN3O. The summed E-state index contributed by atoms with van der Waals surface area (Å²) in [5.74, 6) is -0.0587.